The molecule has 6 rings (SSSR count). The van der Waals surface area contributed by atoms with E-state index < -0.39 is 0 Å². The lowest BCUT2D eigenvalue weighted by atomic mass is 9.49. The molecule has 0 saturated heterocycles. The van der Waals surface area contributed by atoms with E-state index in [1.54, 1.807) is 5.57 Å². The molecular weight excluding hydrogens is 294 g/mol. The monoisotopic (exact) mass is 321 g/mol. The van der Waals surface area contributed by atoms with Crippen LogP contribution in [0.3, 0.4) is 0 Å². The molecule has 24 heavy (non-hydrogen) atoms. The summed E-state index contributed by atoms with van der Waals surface area (Å²) >= 11 is 0. The predicted molar refractivity (Wildman–Crippen MR) is 90.5 cm³/mol. The van der Waals surface area contributed by atoms with Crippen LogP contribution in [0.4, 0.5) is 0 Å². The fraction of sp³-hybridized carbons (Fsp3) is 0.818. The van der Waals surface area contributed by atoms with E-state index >= 15 is 0 Å². The van der Waals surface area contributed by atoms with Crippen LogP contribution in [0.1, 0.15) is 51.9 Å². The summed E-state index contributed by atoms with van der Waals surface area (Å²) in [5.41, 5.74) is 1.91. The van der Waals surface area contributed by atoms with Crippen LogP contribution in [0.25, 0.3) is 0 Å². The molecule has 10 atom stereocenters. The Labute approximate surface area is 144 Å². The van der Waals surface area contributed by atoms with Crippen LogP contribution in [0.2, 0.25) is 0 Å². The van der Waals surface area contributed by atoms with Gasteiger partial charge in [0.1, 0.15) is 0 Å². The van der Waals surface area contributed by atoms with Crippen LogP contribution < -0.4 is 0 Å². The van der Waals surface area contributed by atoms with Gasteiger partial charge in [-0.1, -0.05) is 12.5 Å². The van der Waals surface area contributed by atoms with E-state index in [0.29, 0.717) is 23.0 Å². The van der Waals surface area contributed by atoms with Gasteiger partial charge in [-0.3, -0.25) is 4.79 Å². The van der Waals surface area contributed by atoms with Crippen molar-refractivity contribution in [1.82, 2.24) is 0 Å². The SMILES string of the molecule is CC[C@]12CCC3C4CCC(=O)C=C4C4CC4C3C1[C@@H]1C[C@@H]1[C@@H]2C#N. The minimum absolute atomic E-state index is 0.348. The van der Waals surface area contributed by atoms with Crippen LogP contribution in [-0.2, 0) is 4.79 Å². The Balaban J connectivity index is 1.43. The van der Waals surface area contributed by atoms with Crippen molar-refractivity contribution in [2.24, 2.45) is 58.7 Å². The second kappa shape index (κ2) is 4.35. The molecule has 0 aromatic carbocycles. The van der Waals surface area contributed by atoms with E-state index in [9.17, 15) is 10.1 Å². The first-order valence-electron chi connectivity index (χ1n) is 10.3. The van der Waals surface area contributed by atoms with Gasteiger partial charge in [0.05, 0.1) is 12.0 Å². The van der Waals surface area contributed by atoms with Gasteiger partial charge in [-0.2, -0.15) is 5.26 Å². The Hall–Kier alpha value is -1.10. The number of hydrogen-bond donors (Lipinski definition) is 0. The summed E-state index contributed by atoms with van der Waals surface area (Å²) in [6.07, 6.45) is 10.5. The molecular formula is C22H27NO. The van der Waals surface area contributed by atoms with Gasteiger partial charge in [0.2, 0.25) is 0 Å². The molecule has 0 bridgehead atoms. The molecule has 0 amide bonds. The van der Waals surface area contributed by atoms with Gasteiger partial charge in [0.25, 0.3) is 0 Å². The minimum Gasteiger partial charge on any atom is -0.295 e. The number of carbonyl (C=O) groups is 1. The van der Waals surface area contributed by atoms with Crippen molar-refractivity contribution in [3.8, 4) is 6.07 Å². The van der Waals surface area contributed by atoms with E-state index in [2.05, 4.69) is 19.1 Å². The Bertz CT molecular complexity index is 701. The average molecular weight is 321 g/mol. The maximum Gasteiger partial charge on any atom is 0.155 e. The van der Waals surface area contributed by atoms with Gasteiger partial charge in [-0.15, -0.1) is 0 Å². The van der Waals surface area contributed by atoms with Crippen molar-refractivity contribution >= 4 is 5.78 Å². The number of carbonyl (C=O) groups excluding carboxylic acids is 1. The van der Waals surface area contributed by atoms with Crippen LogP contribution in [0, 0.1) is 70.0 Å². The summed E-state index contributed by atoms with van der Waals surface area (Å²) in [5, 5.41) is 9.89. The highest BCUT2D eigenvalue weighted by Gasteiger charge is 2.73. The standard InChI is InChI=1S/C22H27NO/c1-2-22-6-5-13-12-4-3-11(24)7-14(12)15-8-17(15)20(13)21(22)18-9-16(18)19(22)10-23/h7,12-13,15-21H,2-6,8-9H2,1H3/t12?,13?,15?,16-,17?,18+,19-,20?,21?,22+/m0/s1. The van der Waals surface area contributed by atoms with Crippen LogP contribution in [0.5, 0.6) is 0 Å². The van der Waals surface area contributed by atoms with Crippen molar-refractivity contribution in [3.63, 3.8) is 0 Å². The Morgan fingerprint density at radius 2 is 2.04 bits per heavy atom. The van der Waals surface area contributed by atoms with Gasteiger partial charge in [-0.25, -0.2) is 0 Å². The topological polar surface area (TPSA) is 40.9 Å². The Morgan fingerprint density at radius 1 is 1.17 bits per heavy atom. The lowest BCUT2D eigenvalue weighted by molar-refractivity contribution is -0.116. The summed E-state index contributed by atoms with van der Waals surface area (Å²) < 4.78 is 0. The largest absolute Gasteiger partial charge is 0.295 e. The quantitative estimate of drug-likeness (QED) is 0.719. The zero-order valence-corrected chi connectivity index (χ0v) is 14.6. The maximum atomic E-state index is 12.0. The maximum absolute atomic E-state index is 12.0. The first-order chi connectivity index (χ1) is 11.7. The fourth-order valence-corrected chi connectivity index (χ4v) is 8.58. The fourth-order valence-electron chi connectivity index (χ4n) is 8.58. The molecule has 0 aromatic rings. The molecule has 5 fully saturated rings. The highest BCUT2D eigenvalue weighted by Crippen LogP contribution is 2.78. The van der Waals surface area contributed by atoms with E-state index in [-0.39, 0.29) is 0 Å². The average Bonchev–Trinajstić information content (AvgIpc) is 3.50. The zero-order valence-electron chi connectivity index (χ0n) is 14.6. The first-order valence-corrected chi connectivity index (χ1v) is 10.3. The van der Waals surface area contributed by atoms with Gasteiger partial charge in [-0.05, 0) is 97.4 Å². The molecule has 5 saturated carbocycles. The molecule has 0 radical (unpaired) electrons. The van der Waals surface area contributed by atoms with Gasteiger partial charge >= 0.3 is 0 Å². The molecule has 0 aromatic heterocycles. The molecule has 6 aliphatic carbocycles. The summed E-state index contributed by atoms with van der Waals surface area (Å²) in [7, 11) is 0. The van der Waals surface area contributed by atoms with Gasteiger partial charge in [0, 0.05) is 6.42 Å². The van der Waals surface area contributed by atoms with Crippen molar-refractivity contribution in [2.75, 3.05) is 0 Å². The molecule has 0 aliphatic heterocycles. The number of allylic oxidation sites excluding steroid dienone is 1. The number of fused-ring (bicyclic) bond motifs is 10. The molecule has 126 valence electrons. The number of rotatable bonds is 1. The van der Waals surface area contributed by atoms with Crippen molar-refractivity contribution in [1.29, 1.82) is 5.26 Å². The minimum atomic E-state index is 0.348. The lowest BCUT2D eigenvalue weighted by Gasteiger charge is -2.55. The summed E-state index contributed by atoms with van der Waals surface area (Å²) in [6.45, 7) is 2.36. The van der Waals surface area contributed by atoms with Gasteiger partial charge < -0.3 is 0 Å². The van der Waals surface area contributed by atoms with E-state index in [0.717, 1.165) is 54.3 Å². The third kappa shape index (κ3) is 1.48. The Morgan fingerprint density at radius 3 is 2.83 bits per heavy atom. The second-order valence-corrected chi connectivity index (χ2v) is 9.82. The summed E-state index contributed by atoms with van der Waals surface area (Å²) in [5.74, 6) is 7.21. The molecule has 0 heterocycles. The number of nitrogens with zero attached hydrogens (tertiary/aromatic N) is 1. The van der Waals surface area contributed by atoms with Crippen LogP contribution in [-0.4, -0.2) is 5.78 Å². The number of hydrogen-bond acceptors (Lipinski definition) is 2. The van der Waals surface area contributed by atoms with Crippen LogP contribution in [0.15, 0.2) is 11.6 Å². The third-order valence-corrected chi connectivity index (χ3v) is 9.45. The van der Waals surface area contributed by atoms with Crippen molar-refractivity contribution in [3.05, 3.63) is 11.6 Å². The predicted octanol–water partition coefficient (Wildman–Crippen LogP) is 4.37. The van der Waals surface area contributed by atoms with Crippen molar-refractivity contribution in [2.45, 2.75) is 51.9 Å². The van der Waals surface area contributed by atoms with E-state index in [1.807, 2.05) is 0 Å². The molecule has 2 nitrogen and oxygen atoms in total. The summed E-state index contributed by atoms with van der Waals surface area (Å²) in [6, 6.07) is 2.78. The van der Waals surface area contributed by atoms with Crippen LogP contribution >= 0.6 is 0 Å². The van der Waals surface area contributed by atoms with Gasteiger partial charge in [0.15, 0.2) is 5.78 Å². The second-order valence-electron chi connectivity index (χ2n) is 9.82. The molecule has 0 N–H and O–H groups in total. The first kappa shape index (κ1) is 14.1. The molecule has 0 spiro atoms. The number of ketones is 1. The lowest BCUT2D eigenvalue weighted by Crippen LogP contribution is -2.50. The van der Waals surface area contributed by atoms with E-state index in [1.165, 1.54) is 32.1 Å². The molecule has 6 aliphatic rings. The highest BCUT2D eigenvalue weighted by atomic mass is 16.1. The smallest absolute Gasteiger partial charge is 0.155 e. The molecule has 2 heteroatoms. The Kier molecular flexibility index (Phi) is 2.56. The summed E-state index contributed by atoms with van der Waals surface area (Å²) in [4.78, 5) is 12.0. The highest BCUT2D eigenvalue weighted by molar-refractivity contribution is 5.91. The van der Waals surface area contributed by atoms with E-state index in [4.69, 9.17) is 0 Å². The third-order valence-electron chi connectivity index (χ3n) is 9.45. The normalized spacial score (nSPS) is 59.1. The zero-order chi connectivity index (χ0) is 16.2. The van der Waals surface area contributed by atoms with Crippen molar-refractivity contribution < 1.29 is 4.79 Å². The number of nitriles is 1. The molecule has 6 unspecified atom stereocenters.